The third-order valence-corrected chi connectivity index (χ3v) is 0.792. The van der Waals surface area contributed by atoms with Gasteiger partial charge in [-0.15, -0.1) is 0 Å². The van der Waals surface area contributed by atoms with E-state index in [4.69, 9.17) is 15.3 Å². The first-order valence-electron chi connectivity index (χ1n) is 3.63. The lowest BCUT2D eigenvalue weighted by Gasteiger charge is -1.93. The fourth-order valence-corrected chi connectivity index (χ4v) is 0.207. The normalized spacial score (nSPS) is 10.8. The van der Waals surface area contributed by atoms with Crippen molar-refractivity contribution in [1.82, 2.24) is 0 Å². The molecule has 0 fully saturated rings. The van der Waals surface area contributed by atoms with Gasteiger partial charge >= 0.3 is 11.9 Å². The predicted molar refractivity (Wildman–Crippen MR) is 43.0 cm³/mol. The zero-order chi connectivity index (χ0) is 10.9. The highest BCUT2D eigenvalue weighted by atomic mass is 16.5. The lowest BCUT2D eigenvalue weighted by Crippen LogP contribution is -2.13. The second kappa shape index (κ2) is 8.95. The minimum atomic E-state index is -1.23. The lowest BCUT2D eigenvalue weighted by atomic mass is 10.4. The van der Waals surface area contributed by atoms with Gasteiger partial charge in [0.15, 0.2) is 0 Å². The molecular formula is C7H14O6. The Kier molecular flexibility index (Phi) is 9.91. The molecule has 6 heteroatoms. The van der Waals surface area contributed by atoms with E-state index in [1.807, 2.05) is 0 Å². The van der Waals surface area contributed by atoms with Crippen molar-refractivity contribution in [2.45, 2.75) is 20.0 Å². The van der Waals surface area contributed by atoms with Crippen LogP contribution in [0.5, 0.6) is 0 Å². The van der Waals surface area contributed by atoms with Crippen molar-refractivity contribution in [2.75, 3.05) is 13.2 Å². The van der Waals surface area contributed by atoms with E-state index in [-0.39, 0.29) is 0 Å². The van der Waals surface area contributed by atoms with Gasteiger partial charge in [-0.1, -0.05) is 0 Å². The van der Waals surface area contributed by atoms with Gasteiger partial charge in [0.25, 0.3) is 0 Å². The van der Waals surface area contributed by atoms with Crippen LogP contribution in [0.25, 0.3) is 0 Å². The number of ether oxygens (including phenoxy) is 1. The first-order valence-corrected chi connectivity index (χ1v) is 3.63. The molecule has 0 aromatic carbocycles. The molecule has 0 bridgehead atoms. The number of carboxylic acid groups (broad SMARTS) is 1. The highest BCUT2D eigenvalue weighted by Crippen LogP contribution is 1.73. The number of aliphatic hydroxyl groups excluding tert-OH is 2. The zero-order valence-corrected chi connectivity index (χ0v) is 7.56. The second-order valence-corrected chi connectivity index (χ2v) is 1.98. The fourth-order valence-electron chi connectivity index (χ4n) is 0.207. The van der Waals surface area contributed by atoms with Crippen LogP contribution in [-0.2, 0) is 14.3 Å². The van der Waals surface area contributed by atoms with Crippen molar-refractivity contribution in [2.24, 2.45) is 0 Å². The van der Waals surface area contributed by atoms with Crippen molar-refractivity contribution in [3.8, 4) is 0 Å². The van der Waals surface area contributed by atoms with E-state index >= 15 is 0 Å². The molecule has 0 aliphatic rings. The summed E-state index contributed by atoms with van der Waals surface area (Å²) in [6.45, 7) is 2.70. The molecule has 0 saturated heterocycles. The van der Waals surface area contributed by atoms with E-state index in [1.165, 1.54) is 6.92 Å². The first kappa shape index (κ1) is 14.4. The predicted octanol–water partition coefficient (Wildman–Crippen LogP) is -1.01. The van der Waals surface area contributed by atoms with Crippen molar-refractivity contribution >= 4 is 11.9 Å². The average Bonchev–Trinajstić information content (AvgIpc) is 2.05. The molecule has 0 spiro atoms. The van der Waals surface area contributed by atoms with Crippen LogP contribution in [0.3, 0.4) is 0 Å². The summed E-state index contributed by atoms with van der Waals surface area (Å²) in [6.07, 6.45) is -1.23. The maximum atomic E-state index is 9.94. The summed E-state index contributed by atoms with van der Waals surface area (Å²) in [7, 11) is 0. The summed E-state index contributed by atoms with van der Waals surface area (Å²) >= 11 is 0. The van der Waals surface area contributed by atoms with Crippen LogP contribution in [0.15, 0.2) is 0 Å². The molecular weight excluding hydrogens is 180 g/mol. The first-order chi connectivity index (χ1) is 5.95. The third kappa shape index (κ3) is 13.8. The summed E-state index contributed by atoms with van der Waals surface area (Å²) in [5.41, 5.74) is 0. The number of carbonyl (C=O) groups is 2. The average molecular weight is 194 g/mol. The Bertz CT molecular complexity index is 153. The molecule has 78 valence electrons. The highest BCUT2D eigenvalue weighted by molar-refractivity contribution is 5.71. The summed E-state index contributed by atoms with van der Waals surface area (Å²) in [6, 6.07) is 0. The summed E-state index contributed by atoms with van der Waals surface area (Å²) in [5.74, 6) is -1.75. The molecule has 0 radical (unpaired) electrons. The summed E-state index contributed by atoms with van der Waals surface area (Å²) in [5, 5.41) is 23.8. The minimum absolute atomic E-state index is 0.333. The standard InChI is InChI=1S/C4H8O3.C3H6O3/c1-2-7-4(6)3-5;1-2(4)3(5)6/h5H,2-3H2,1H3;2,4H,1H3,(H,5,6). The Morgan fingerprint density at radius 3 is 1.92 bits per heavy atom. The Morgan fingerprint density at radius 2 is 1.85 bits per heavy atom. The molecule has 3 N–H and O–H groups in total. The van der Waals surface area contributed by atoms with Gasteiger partial charge in [-0.25, -0.2) is 9.59 Å². The van der Waals surface area contributed by atoms with Crippen molar-refractivity contribution in [3.63, 3.8) is 0 Å². The van der Waals surface area contributed by atoms with E-state index in [0.29, 0.717) is 6.61 Å². The van der Waals surface area contributed by atoms with E-state index in [1.54, 1.807) is 6.92 Å². The number of carboxylic acids is 1. The molecule has 1 unspecified atom stereocenters. The number of aliphatic carboxylic acids is 1. The van der Waals surface area contributed by atoms with Crippen LogP contribution < -0.4 is 0 Å². The van der Waals surface area contributed by atoms with Crippen LogP contribution in [-0.4, -0.2) is 46.6 Å². The maximum Gasteiger partial charge on any atom is 0.332 e. The van der Waals surface area contributed by atoms with Gasteiger partial charge in [0.1, 0.15) is 12.7 Å². The van der Waals surface area contributed by atoms with Gasteiger partial charge in [0.2, 0.25) is 0 Å². The van der Waals surface area contributed by atoms with Crippen LogP contribution in [0.1, 0.15) is 13.8 Å². The number of aliphatic hydroxyl groups is 2. The molecule has 0 aliphatic heterocycles. The molecule has 0 saturated carbocycles. The molecule has 0 aliphatic carbocycles. The third-order valence-electron chi connectivity index (χ3n) is 0.792. The van der Waals surface area contributed by atoms with Gasteiger partial charge in [0.05, 0.1) is 6.61 Å². The maximum absolute atomic E-state index is 9.94. The number of rotatable bonds is 3. The van der Waals surface area contributed by atoms with Gasteiger partial charge < -0.3 is 20.1 Å². The fraction of sp³-hybridized carbons (Fsp3) is 0.714. The Balaban J connectivity index is 0. The van der Waals surface area contributed by atoms with Crippen LogP contribution >= 0.6 is 0 Å². The molecule has 6 nitrogen and oxygen atoms in total. The highest BCUT2D eigenvalue weighted by Gasteiger charge is 2.01. The van der Waals surface area contributed by atoms with Crippen molar-refractivity contribution in [1.29, 1.82) is 0 Å². The lowest BCUT2D eigenvalue weighted by molar-refractivity contribution is -0.146. The largest absolute Gasteiger partial charge is 0.479 e. The van der Waals surface area contributed by atoms with E-state index in [2.05, 4.69) is 4.74 Å². The van der Waals surface area contributed by atoms with Crippen molar-refractivity contribution < 1.29 is 29.6 Å². The molecule has 0 aromatic rings. The summed E-state index contributed by atoms with van der Waals surface area (Å²) in [4.78, 5) is 19.4. The number of hydrogen-bond donors (Lipinski definition) is 3. The molecule has 1 atom stereocenters. The van der Waals surface area contributed by atoms with Crippen molar-refractivity contribution in [3.05, 3.63) is 0 Å². The second-order valence-electron chi connectivity index (χ2n) is 1.98. The van der Waals surface area contributed by atoms with Gasteiger partial charge in [-0.05, 0) is 13.8 Å². The Hall–Kier alpha value is -1.14. The monoisotopic (exact) mass is 194 g/mol. The van der Waals surface area contributed by atoms with Crippen LogP contribution in [0.2, 0.25) is 0 Å². The topological polar surface area (TPSA) is 104 Å². The quantitative estimate of drug-likeness (QED) is 0.497. The number of esters is 1. The van der Waals surface area contributed by atoms with E-state index in [9.17, 15) is 9.59 Å². The van der Waals surface area contributed by atoms with Crippen LogP contribution in [0.4, 0.5) is 0 Å². The minimum Gasteiger partial charge on any atom is -0.479 e. The summed E-state index contributed by atoms with van der Waals surface area (Å²) < 4.78 is 4.30. The van der Waals surface area contributed by atoms with Gasteiger partial charge in [0, 0.05) is 0 Å². The molecule has 0 amide bonds. The van der Waals surface area contributed by atoms with E-state index < -0.39 is 24.6 Å². The number of carbonyl (C=O) groups excluding carboxylic acids is 1. The molecule has 13 heavy (non-hydrogen) atoms. The van der Waals surface area contributed by atoms with Gasteiger partial charge in [-0.3, -0.25) is 0 Å². The SMILES string of the molecule is CC(O)C(=O)O.CCOC(=O)CO. The Morgan fingerprint density at radius 1 is 1.46 bits per heavy atom. The molecule has 0 rings (SSSR count). The van der Waals surface area contributed by atoms with Crippen LogP contribution in [0, 0.1) is 0 Å². The molecule has 0 heterocycles. The van der Waals surface area contributed by atoms with E-state index in [0.717, 1.165) is 0 Å². The smallest absolute Gasteiger partial charge is 0.332 e. The Labute approximate surface area is 75.8 Å². The molecule has 0 aromatic heterocycles. The number of hydrogen-bond acceptors (Lipinski definition) is 5. The zero-order valence-electron chi connectivity index (χ0n) is 7.56. The van der Waals surface area contributed by atoms with Gasteiger partial charge in [-0.2, -0.15) is 0 Å².